The number of nitrogens with zero attached hydrogens (tertiary/aromatic N) is 1. The molecule has 0 radical (unpaired) electrons. The van der Waals surface area contributed by atoms with Crippen LogP contribution >= 0.6 is 0 Å². The van der Waals surface area contributed by atoms with Gasteiger partial charge in [-0.1, -0.05) is 0 Å². The van der Waals surface area contributed by atoms with Gasteiger partial charge >= 0.3 is 5.51 Å². The number of nitrogens with two attached hydrogens (primary N) is 1. The molecule has 2 rings (SSSR count). The van der Waals surface area contributed by atoms with Gasteiger partial charge in [-0.2, -0.15) is 13.2 Å². The Labute approximate surface area is 151 Å². The van der Waals surface area contributed by atoms with Crippen LogP contribution in [0.1, 0.15) is 20.7 Å². The summed E-state index contributed by atoms with van der Waals surface area (Å²) < 4.78 is 66.7. The van der Waals surface area contributed by atoms with E-state index in [1.165, 1.54) is 19.2 Å². The third kappa shape index (κ3) is 4.00. The van der Waals surface area contributed by atoms with Crippen molar-refractivity contribution in [2.24, 2.45) is 5.73 Å². The van der Waals surface area contributed by atoms with Gasteiger partial charge in [0.05, 0.1) is 18.4 Å². The van der Waals surface area contributed by atoms with Crippen molar-refractivity contribution in [1.82, 2.24) is 4.98 Å². The summed E-state index contributed by atoms with van der Waals surface area (Å²) in [6.45, 7) is 0. The highest BCUT2D eigenvalue weighted by atomic mass is 32.2. The lowest BCUT2D eigenvalue weighted by Gasteiger charge is -2.14. The number of nitrogens with one attached hydrogen (secondary N) is 1. The van der Waals surface area contributed by atoms with Crippen LogP contribution in [0.3, 0.4) is 0 Å². The summed E-state index contributed by atoms with van der Waals surface area (Å²) in [6, 6.07) is 5.70. The first-order valence-electron chi connectivity index (χ1n) is 7.04. The Kier molecular flexibility index (Phi) is 5.40. The highest BCUT2D eigenvalue weighted by Gasteiger charge is 2.49. The van der Waals surface area contributed by atoms with E-state index in [9.17, 15) is 31.2 Å². The number of rotatable bonds is 5. The number of alkyl halides is 3. The van der Waals surface area contributed by atoms with Gasteiger partial charge in [0.15, 0.2) is 5.03 Å². The van der Waals surface area contributed by atoms with Gasteiger partial charge in [0.1, 0.15) is 5.75 Å². The molecular weight excluding hydrogens is 391 g/mol. The van der Waals surface area contributed by atoms with E-state index in [1.807, 2.05) is 0 Å². The molecule has 0 fully saturated rings. The largest absolute Gasteiger partial charge is 0.503 e. The van der Waals surface area contributed by atoms with Gasteiger partial charge in [-0.15, -0.1) is 0 Å². The molecule has 1 aromatic heterocycles. The quantitative estimate of drug-likeness (QED) is 0.782. The molecule has 0 bridgehead atoms. The zero-order chi connectivity index (χ0) is 20.4. The molecule has 8 nitrogen and oxygen atoms in total. The molecule has 27 heavy (non-hydrogen) atoms. The van der Waals surface area contributed by atoms with Gasteiger partial charge in [-0.3, -0.25) is 9.59 Å². The Hall–Kier alpha value is -3.15. The fourth-order valence-corrected chi connectivity index (χ4v) is 2.91. The molecule has 0 spiro atoms. The Morgan fingerprint density at radius 2 is 1.89 bits per heavy atom. The molecule has 0 aliphatic carbocycles. The summed E-state index contributed by atoms with van der Waals surface area (Å²) in [4.78, 5) is 26.9. The molecule has 0 aliphatic heterocycles. The van der Waals surface area contributed by atoms with E-state index in [2.05, 4.69) is 10.3 Å². The van der Waals surface area contributed by atoms with E-state index in [1.54, 1.807) is 0 Å². The number of benzene rings is 1. The number of ether oxygens (including phenoxy) is 1. The van der Waals surface area contributed by atoms with Crippen molar-refractivity contribution >= 4 is 27.3 Å². The number of sulfone groups is 1. The van der Waals surface area contributed by atoms with Crippen molar-refractivity contribution in [2.45, 2.75) is 10.5 Å². The van der Waals surface area contributed by atoms with Crippen LogP contribution < -0.4 is 15.8 Å². The molecule has 1 heterocycles. The lowest BCUT2D eigenvalue weighted by atomic mass is 10.1. The molecule has 0 atom stereocenters. The van der Waals surface area contributed by atoms with Crippen molar-refractivity contribution < 1.29 is 35.9 Å². The lowest BCUT2D eigenvalue weighted by Crippen LogP contribution is -2.27. The molecule has 144 valence electrons. The minimum absolute atomic E-state index is 0.0135. The van der Waals surface area contributed by atoms with Crippen LogP contribution in [-0.2, 0) is 9.84 Å². The Morgan fingerprint density at radius 1 is 1.22 bits per heavy atom. The number of pyridine rings is 1. The van der Waals surface area contributed by atoms with Crippen molar-refractivity contribution in [3.05, 3.63) is 47.7 Å². The number of halogens is 3. The second-order valence-electron chi connectivity index (χ2n) is 5.04. The highest BCUT2D eigenvalue weighted by molar-refractivity contribution is 7.92. The van der Waals surface area contributed by atoms with Gasteiger partial charge < -0.3 is 15.8 Å². The van der Waals surface area contributed by atoms with Crippen molar-refractivity contribution in [1.29, 1.82) is 0 Å². The second-order valence-corrected chi connectivity index (χ2v) is 6.90. The molecule has 3 N–H and O–H groups in total. The van der Waals surface area contributed by atoms with Crippen LogP contribution in [0.25, 0.3) is 0 Å². The Bertz CT molecular complexity index is 1010. The first-order chi connectivity index (χ1) is 12.5. The lowest BCUT2D eigenvalue weighted by molar-refractivity contribution is -0.0438. The molecule has 2 aromatic rings. The van der Waals surface area contributed by atoms with Crippen LogP contribution in [0, 0.1) is 0 Å². The maximum Gasteiger partial charge on any atom is 0.503 e. The van der Waals surface area contributed by atoms with Gasteiger partial charge in [-0.05, 0) is 30.3 Å². The number of anilines is 1. The predicted octanol–water partition coefficient (Wildman–Crippen LogP) is 1.73. The summed E-state index contributed by atoms with van der Waals surface area (Å²) in [5.74, 6) is -1.96. The maximum absolute atomic E-state index is 12.8. The Morgan fingerprint density at radius 3 is 2.44 bits per heavy atom. The maximum atomic E-state index is 12.8. The van der Waals surface area contributed by atoms with E-state index >= 15 is 0 Å². The van der Waals surface area contributed by atoms with Crippen molar-refractivity contribution in [2.75, 3.05) is 12.4 Å². The summed E-state index contributed by atoms with van der Waals surface area (Å²) in [7, 11) is -4.61. The smallest absolute Gasteiger partial charge is 0.495 e. The topological polar surface area (TPSA) is 128 Å². The van der Waals surface area contributed by atoms with Crippen LogP contribution in [0.15, 0.2) is 41.6 Å². The average molecular weight is 403 g/mol. The predicted molar refractivity (Wildman–Crippen MR) is 86.9 cm³/mol. The number of methoxy groups -OCH3 is 1. The number of carbonyl (C=O) groups excluding carboxylic acids is 2. The van der Waals surface area contributed by atoms with Crippen LogP contribution in [0.4, 0.5) is 18.9 Å². The van der Waals surface area contributed by atoms with Crippen molar-refractivity contribution in [3.8, 4) is 5.75 Å². The summed E-state index contributed by atoms with van der Waals surface area (Å²) in [5.41, 5.74) is -1.45. The van der Waals surface area contributed by atoms with Gasteiger partial charge in [0, 0.05) is 11.8 Å². The van der Waals surface area contributed by atoms with E-state index in [4.69, 9.17) is 10.5 Å². The Balaban J connectivity index is 2.50. The summed E-state index contributed by atoms with van der Waals surface area (Å²) >= 11 is 0. The number of primary amides is 1. The molecule has 0 saturated carbocycles. The van der Waals surface area contributed by atoms with Gasteiger partial charge in [-0.25, -0.2) is 13.4 Å². The third-order valence-corrected chi connectivity index (χ3v) is 4.75. The number of hydrogen-bond acceptors (Lipinski definition) is 6. The molecule has 2 amide bonds. The molecule has 0 saturated heterocycles. The third-order valence-electron chi connectivity index (χ3n) is 3.31. The van der Waals surface area contributed by atoms with Crippen LogP contribution in [0.5, 0.6) is 5.75 Å². The van der Waals surface area contributed by atoms with Crippen molar-refractivity contribution in [3.63, 3.8) is 0 Å². The second kappa shape index (κ2) is 7.23. The van der Waals surface area contributed by atoms with Gasteiger partial charge in [0.2, 0.25) is 5.91 Å². The first kappa shape index (κ1) is 20.2. The zero-order valence-electron chi connectivity index (χ0n) is 13.6. The SMILES string of the molecule is COc1ccc(C(N)=O)cc1NC(=O)c1cccnc1S(=O)(=O)C(F)(F)F. The van der Waals surface area contributed by atoms with E-state index in [0.717, 1.165) is 24.4 Å². The standard InChI is InChI=1S/C15H12F3N3O5S/c1-26-11-5-4-8(12(19)22)7-10(11)21-13(23)9-3-2-6-20-14(9)27(24,25)15(16,17)18/h2-7H,1H3,(H2,19,22)(H,21,23). The summed E-state index contributed by atoms with van der Waals surface area (Å²) in [5, 5.41) is 0.749. The summed E-state index contributed by atoms with van der Waals surface area (Å²) in [6.07, 6.45) is 0.809. The minimum Gasteiger partial charge on any atom is -0.495 e. The minimum atomic E-state index is -5.86. The van der Waals surface area contributed by atoms with Crippen LogP contribution in [-0.4, -0.2) is 37.8 Å². The molecule has 0 aliphatic rings. The number of hydrogen-bond donors (Lipinski definition) is 2. The normalized spacial score (nSPS) is 11.7. The molecule has 0 unspecified atom stereocenters. The molecular formula is C15H12F3N3O5S. The first-order valence-corrected chi connectivity index (χ1v) is 8.53. The fourth-order valence-electron chi connectivity index (χ4n) is 2.04. The zero-order valence-corrected chi connectivity index (χ0v) is 14.4. The fraction of sp³-hybridized carbons (Fsp3) is 0.133. The molecule has 12 heteroatoms. The monoisotopic (exact) mass is 403 g/mol. The van der Waals surface area contributed by atoms with E-state index < -0.39 is 37.7 Å². The number of aromatic nitrogens is 1. The average Bonchev–Trinajstić information content (AvgIpc) is 2.60. The van der Waals surface area contributed by atoms with E-state index in [-0.39, 0.29) is 17.0 Å². The van der Waals surface area contributed by atoms with Gasteiger partial charge in [0.25, 0.3) is 15.7 Å². The van der Waals surface area contributed by atoms with Crippen LogP contribution in [0.2, 0.25) is 0 Å². The van der Waals surface area contributed by atoms with E-state index in [0.29, 0.717) is 0 Å². The molecule has 1 aromatic carbocycles. The highest BCUT2D eigenvalue weighted by Crippen LogP contribution is 2.32. The number of amides is 2. The number of carbonyl (C=O) groups is 2.